The Morgan fingerprint density at radius 3 is 2.11 bits per heavy atom. The Morgan fingerprint density at radius 1 is 1.03 bits per heavy atom. The first-order chi connectivity index (χ1) is 17.6. The molecule has 0 spiro atoms. The van der Waals surface area contributed by atoms with Crippen LogP contribution >= 0.6 is 23.4 Å². The smallest absolute Gasteiger partial charge is 0.490 e. The van der Waals surface area contributed by atoms with E-state index >= 15 is 0 Å². The maximum absolute atomic E-state index is 10.6. The Balaban J connectivity index is 0.000000479. The zero-order valence-electron chi connectivity index (χ0n) is 20.4. The number of ether oxygens (including phenoxy) is 1. The van der Waals surface area contributed by atoms with Crippen LogP contribution in [0.3, 0.4) is 0 Å². The molecule has 0 aliphatic carbocycles. The van der Waals surface area contributed by atoms with Gasteiger partial charge < -0.3 is 9.84 Å². The van der Waals surface area contributed by atoms with Crippen molar-refractivity contribution < 1.29 is 27.8 Å². The van der Waals surface area contributed by atoms with E-state index in [1.165, 1.54) is 34.4 Å². The Hall–Kier alpha value is -2.68. The lowest BCUT2D eigenvalue weighted by Crippen LogP contribution is -2.35. The predicted octanol–water partition coefficient (Wildman–Crippen LogP) is 7.65. The second-order valence-corrected chi connectivity index (χ2v) is 10.0. The Bertz CT molecular complexity index is 1130. The number of carboxylic acids is 1. The van der Waals surface area contributed by atoms with E-state index in [-0.39, 0.29) is 0 Å². The summed E-state index contributed by atoms with van der Waals surface area (Å²) >= 11 is 7.87. The summed E-state index contributed by atoms with van der Waals surface area (Å²) in [6.45, 7) is 4.01. The van der Waals surface area contributed by atoms with E-state index in [1.807, 2.05) is 12.1 Å². The second kappa shape index (κ2) is 13.7. The number of hydrogen-bond donors (Lipinski definition) is 1. The minimum absolute atomic E-state index is 0.624. The molecule has 198 valence electrons. The third-order valence-corrected chi connectivity index (χ3v) is 6.99. The number of rotatable bonds is 7. The van der Waals surface area contributed by atoms with Gasteiger partial charge in [0.2, 0.25) is 0 Å². The number of thioether (sulfide) groups is 1. The Labute approximate surface area is 224 Å². The van der Waals surface area contributed by atoms with Crippen LogP contribution in [-0.2, 0) is 11.3 Å². The summed E-state index contributed by atoms with van der Waals surface area (Å²) in [5.41, 5.74) is 3.76. The zero-order valence-corrected chi connectivity index (χ0v) is 22.0. The lowest BCUT2D eigenvalue weighted by atomic mass is 9.97. The van der Waals surface area contributed by atoms with Gasteiger partial charge in [0, 0.05) is 16.5 Å². The van der Waals surface area contributed by atoms with Gasteiger partial charge in [0.05, 0.1) is 6.61 Å². The maximum Gasteiger partial charge on any atom is 0.490 e. The fourth-order valence-corrected chi connectivity index (χ4v) is 4.57. The normalized spacial score (nSPS) is 14.5. The molecule has 0 atom stereocenters. The molecule has 3 aromatic carbocycles. The molecule has 0 amide bonds. The molecule has 0 unspecified atom stereocenters. The molecule has 4 rings (SSSR count). The van der Waals surface area contributed by atoms with Crippen molar-refractivity contribution in [2.24, 2.45) is 5.92 Å². The largest absolute Gasteiger partial charge is 0.493 e. The number of likely N-dealkylation sites (tertiary alicyclic amines) is 1. The van der Waals surface area contributed by atoms with Gasteiger partial charge in [0.15, 0.2) is 0 Å². The highest BCUT2D eigenvalue weighted by Crippen LogP contribution is 2.26. The van der Waals surface area contributed by atoms with Crippen LogP contribution in [0.25, 0.3) is 11.1 Å². The average Bonchev–Trinajstić information content (AvgIpc) is 2.88. The van der Waals surface area contributed by atoms with Crippen molar-refractivity contribution >= 4 is 29.3 Å². The van der Waals surface area contributed by atoms with E-state index in [1.54, 1.807) is 11.8 Å². The quantitative estimate of drug-likeness (QED) is 0.306. The first kappa shape index (κ1) is 28.9. The second-order valence-electron chi connectivity index (χ2n) is 8.72. The monoisotopic (exact) mass is 551 g/mol. The summed E-state index contributed by atoms with van der Waals surface area (Å²) in [6.07, 6.45) is -0.620. The molecule has 37 heavy (non-hydrogen) atoms. The van der Waals surface area contributed by atoms with Crippen LogP contribution in [0.2, 0.25) is 5.02 Å². The molecule has 0 aromatic heterocycles. The van der Waals surface area contributed by atoms with Gasteiger partial charge >= 0.3 is 12.1 Å². The van der Waals surface area contributed by atoms with Gasteiger partial charge in [-0.15, -0.1) is 11.8 Å². The number of benzene rings is 3. The molecule has 1 fully saturated rings. The Kier molecular flexibility index (Phi) is 10.7. The van der Waals surface area contributed by atoms with Crippen LogP contribution < -0.4 is 4.74 Å². The van der Waals surface area contributed by atoms with E-state index in [9.17, 15) is 13.2 Å². The van der Waals surface area contributed by atoms with Gasteiger partial charge in [0.25, 0.3) is 0 Å². The summed E-state index contributed by atoms with van der Waals surface area (Å²) in [7, 11) is 0. The van der Waals surface area contributed by atoms with Gasteiger partial charge in [-0.25, -0.2) is 4.79 Å². The molecular formula is C28H29ClF3NO3S. The van der Waals surface area contributed by atoms with E-state index in [2.05, 4.69) is 71.8 Å². The van der Waals surface area contributed by atoms with Crippen LogP contribution in [-0.4, -0.2) is 48.1 Å². The highest BCUT2D eigenvalue weighted by Gasteiger charge is 2.38. The van der Waals surface area contributed by atoms with Crippen LogP contribution in [0, 0.1) is 5.92 Å². The third-order valence-electron chi connectivity index (χ3n) is 6.01. The van der Waals surface area contributed by atoms with Crippen LogP contribution in [0.5, 0.6) is 5.75 Å². The van der Waals surface area contributed by atoms with Crippen LogP contribution in [0.4, 0.5) is 13.2 Å². The fourth-order valence-electron chi connectivity index (χ4n) is 3.95. The summed E-state index contributed by atoms with van der Waals surface area (Å²) in [5, 5.41) is 7.94. The van der Waals surface area contributed by atoms with Crippen molar-refractivity contribution in [3.05, 3.63) is 83.4 Å². The molecular weight excluding hydrogens is 523 g/mol. The minimum atomic E-state index is -5.08. The molecule has 1 saturated heterocycles. The van der Waals surface area contributed by atoms with Crippen LogP contribution in [0.15, 0.2) is 77.7 Å². The van der Waals surface area contributed by atoms with Gasteiger partial charge in [-0.05, 0) is 91.2 Å². The number of piperidine rings is 1. The molecule has 1 heterocycles. The van der Waals surface area contributed by atoms with E-state index in [0.717, 1.165) is 37.0 Å². The lowest BCUT2D eigenvalue weighted by molar-refractivity contribution is -0.192. The number of nitrogens with zero attached hydrogens (tertiary/aromatic N) is 1. The topological polar surface area (TPSA) is 49.8 Å². The van der Waals surface area contributed by atoms with Crippen molar-refractivity contribution in [1.82, 2.24) is 4.90 Å². The molecule has 1 N–H and O–H groups in total. The van der Waals surface area contributed by atoms with E-state index < -0.39 is 12.1 Å². The predicted molar refractivity (Wildman–Crippen MR) is 142 cm³/mol. The third kappa shape index (κ3) is 9.61. The molecule has 0 radical (unpaired) electrons. The first-order valence-corrected chi connectivity index (χ1v) is 13.4. The van der Waals surface area contributed by atoms with Crippen LogP contribution in [0.1, 0.15) is 18.4 Å². The molecule has 1 aliphatic heterocycles. The van der Waals surface area contributed by atoms with Crippen molar-refractivity contribution in [2.45, 2.75) is 30.5 Å². The first-order valence-electron chi connectivity index (χ1n) is 11.8. The summed E-state index contributed by atoms with van der Waals surface area (Å²) in [5.74, 6) is -1.17. The number of aliphatic carboxylic acids is 1. The van der Waals surface area contributed by atoms with Crippen molar-refractivity contribution in [2.75, 3.05) is 26.0 Å². The molecule has 3 aromatic rings. The van der Waals surface area contributed by atoms with E-state index in [4.69, 9.17) is 26.2 Å². The average molecular weight is 552 g/mol. The highest BCUT2D eigenvalue weighted by molar-refractivity contribution is 7.98. The van der Waals surface area contributed by atoms with E-state index in [0.29, 0.717) is 5.92 Å². The highest BCUT2D eigenvalue weighted by atomic mass is 35.5. The summed E-state index contributed by atoms with van der Waals surface area (Å²) in [6, 6.07) is 25.4. The zero-order chi connectivity index (χ0) is 26.8. The number of alkyl halides is 3. The van der Waals surface area contributed by atoms with Gasteiger partial charge in [-0.3, -0.25) is 4.90 Å². The van der Waals surface area contributed by atoms with Crippen molar-refractivity contribution in [1.29, 1.82) is 0 Å². The van der Waals surface area contributed by atoms with Crippen molar-refractivity contribution in [3.8, 4) is 16.9 Å². The van der Waals surface area contributed by atoms with Gasteiger partial charge in [0.1, 0.15) is 5.75 Å². The summed E-state index contributed by atoms with van der Waals surface area (Å²) < 4.78 is 37.8. The maximum atomic E-state index is 10.6. The summed E-state index contributed by atoms with van der Waals surface area (Å²) in [4.78, 5) is 12.7. The fraction of sp³-hybridized carbons (Fsp3) is 0.321. The standard InChI is InChI=1S/C26H28ClNOS.C2HF3O2/c1-30-26-11-7-23(8-12-26)22-5-9-25(10-6-22)29-19-20-13-15-28(16-14-20)18-21-3-2-4-24(27)17-21;3-2(4,5)1(6)7/h2-12,17,20H,13-16,18-19H2,1H3;(H,6,7). The van der Waals surface area contributed by atoms with Crippen molar-refractivity contribution in [3.63, 3.8) is 0 Å². The Morgan fingerprint density at radius 2 is 1.59 bits per heavy atom. The van der Waals surface area contributed by atoms with Gasteiger partial charge in [-0.1, -0.05) is 48.0 Å². The molecule has 4 nitrogen and oxygen atoms in total. The molecule has 1 aliphatic rings. The molecule has 0 bridgehead atoms. The number of carbonyl (C=O) groups is 1. The number of hydrogen-bond acceptors (Lipinski definition) is 4. The molecule has 9 heteroatoms. The number of halogens is 4. The number of carboxylic acid groups (broad SMARTS) is 1. The molecule has 0 saturated carbocycles. The lowest BCUT2D eigenvalue weighted by Gasteiger charge is -2.31. The SMILES string of the molecule is CSc1ccc(-c2ccc(OCC3CCN(Cc4cccc(Cl)c4)CC3)cc2)cc1.O=C(O)C(F)(F)F. The minimum Gasteiger partial charge on any atom is -0.493 e. The van der Waals surface area contributed by atoms with Gasteiger partial charge in [-0.2, -0.15) is 13.2 Å².